The van der Waals surface area contributed by atoms with Crippen LogP contribution in [0.4, 0.5) is 11.4 Å². The maximum absolute atomic E-state index is 12.2. The van der Waals surface area contributed by atoms with Crippen LogP contribution in [-0.4, -0.2) is 62.7 Å². The first-order valence-electron chi connectivity index (χ1n) is 8.86. The number of rotatable bonds is 5. The summed E-state index contributed by atoms with van der Waals surface area (Å²) in [6, 6.07) is 7.88. The fraction of sp³-hybridized carbons (Fsp3) is 0.556. The van der Waals surface area contributed by atoms with Gasteiger partial charge in [0.15, 0.2) is 0 Å². The summed E-state index contributed by atoms with van der Waals surface area (Å²) in [6.07, 6.45) is 1.71. The van der Waals surface area contributed by atoms with E-state index in [1.165, 1.54) is 0 Å². The van der Waals surface area contributed by atoms with Crippen LogP contribution < -0.4 is 16.0 Å². The van der Waals surface area contributed by atoms with Crippen molar-refractivity contribution >= 4 is 23.2 Å². The van der Waals surface area contributed by atoms with Crippen LogP contribution in [0, 0.1) is 5.92 Å². The first-order valence-corrected chi connectivity index (χ1v) is 8.86. The van der Waals surface area contributed by atoms with Crippen LogP contribution in [0.5, 0.6) is 0 Å². The van der Waals surface area contributed by atoms with Crippen molar-refractivity contribution in [2.75, 3.05) is 56.2 Å². The molecule has 0 radical (unpaired) electrons. The number of piperidine rings is 1. The van der Waals surface area contributed by atoms with Gasteiger partial charge in [-0.1, -0.05) is 0 Å². The predicted octanol–water partition coefficient (Wildman–Crippen LogP) is 0.659. The zero-order chi connectivity index (χ0) is 17.6. The smallest absolute Gasteiger partial charge is 0.238 e. The lowest BCUT2D eigenvalue weighted by Gasteiger charge is -2.30. The third kappa shape index (κ3) is 4.93. The van der Waals surface area contributed by atoms with Crippen LogP contribution in [0.3, 0.4) is 0 Å². The van der Waals surface area contributed by atoms with Gasteiger partial charge in [-0.2, -0.15) is 0 Å². The van der Waals surface area contributed by atoms with Crippen LogP contribution in [0.25, 0.3) is 0 Å². The monoisotopic (exact) mass is 346 g/mol. The van der Waals surface area contributed by atoms with Gasteiger partial charge in [-0.25, -0.2) is 0 Å². The highest BCUT2D eigenvalue weighted by molar-refractivity contribution is 5.92. The number of likely N-dealkylation sites (tertiary alicyclic amines) is 1. The van der Waals surface area contributed by atoms with E-state index < -0.39 is 0 Å². The number of hydrogen-bond acceptors (Lipinski definition) is 5. The Morgan fingerprint density at radius 3 is 2.56 bits per heavy atom. The van der Waals surface area contributed by atoms with Gasteiger partial charge in [0.1, 0.15) is 0 Å². The summed E-state index contributed by atoms with van der Waals surface area (Å²) in [6.45, 7) is 4.96. The summed E-state index contributed by atoms with van der Waals surface area (Å²) in [4.78, 5) is 27.8. The summed E-state index contributed by atoms with van der Waals surface area (Å²) >= 11 is 0. The Morgan fingerprint density at radius 1 is 1.16 bits per heavy atom. The number of benzene rings is 1. The molecule has 0 aromatic heterocycles. The maximum Gasteiger partial charge on any atom is 0.238 e. The van der Waals surface area contributed by atoms with Crippen molar-refractivity contribution in [1.82, 2.24) is 4.90 Å². The van der Waals surface area contributed by atoms with E-state index in [0.717, 1.165) is 57.1 Å². The third-order valence-electron chi connectivity index (χ3n) is 4.80. The lowest BCUT2D eigenvalue weighted by atomic mass is 9.97. The van der Waals surface area contributed by atoms with Crippen molar-refractivity contribution in [1.29, 1.82) is 0 Å². The first-order chi connectivity index (χ1) is 12.1. The van der Waals surface area contributed by atoms with Crippen molar-refractivity contribution in [3.63, 3.8) is 0 Å². The number of ether oxygens (including phenoxy) is 1. The Morgan fingerprint density at radius 2 is 1.88 bits per heavy atom. The van der Waals surface area contributed by atoms with Gasteiger partial charge in [0.05, 0.1) is 25.7 Å². The SMILES string of the molecule is NC(=O)[C@@H]1CCCN(CC(=O)Nc2ccc(N3CCOCC3)cc2)C1. The standard InChI is InChI=1S/C18H26N4O3/c19-18(24)14-2-1-7-21(12-14)13-17(23)20-15-3-5-16(6-4-15)22-8-10-25-11-9-22/h3-6,14H,1-2,7-13H2,(H2,19,24)(H,20,23)/t14-/m1/s1. The van der Waals surface area contributed by atoms with E-state index in [2.05, 4.69) is 10.2 Å². The Bertz CT molecular complexity index is 599. The van der Waals surface area contributed by atoms with Gasteiger partial charge in [0.25, 0.3) is 0 Å². The molecule has 0 aliphatic carbocycles. The normalized spacial score (nSPS) is 21.8. The Hall–Kier alpha value is -2.12. The molecule has 0 bridgehead atoms. The summed E-state index contributed by atoms with van der Waals surface area (Å²) < 4.78 is 5.36. The number of amides is 2. The van der Waals surface area contributed by atoms with Crippen LogP contribution >= 0.6 is 0 Å². The largest absolute Gasteiger partial charge is 0.378 e. The fourth-order valence-corrected chi connectivity index (χ4v) is 3.41. The number of carbonyl (C=O) groups is 2. The number of nitrogens with one attached hydrogen (secondary N) is 1. The Balaban J connectivity index is 1.50. The molecule has 0 saturated carbocycles. The topological polar surface area (TPSA) is 87.9 Å². The van der Waals surface area contributed by atoms with Gasteiger partial charge >= 0.3 is 0 Å². The van der Waals surface area contributed by atoms with Gasteiger partial charge in [0, 0.05) is 31.0 Å². The van der Waals surface area contributed by atoms with Crippen LogP contribution in [0.1, 0.15) is 12.8 Å². The summed E-state index contributed by atoms with van der Waals surface area (Å²) in [5, 5.41) is 2.92. The first kappa shape index (κ1) is 17.7. The quantitative estimate of drug-likeness (QED) is 0.818. The molecule has 2 saturated heterocycles. The van der Waals surface area contributed by atoms with Gasteiger partial charge < -0.3 is 20.7 Å². The average molecular weight is 346 g/mol. The second kappa shape index (κ2) is 8.31. The Labute approximate surface area is 148 Å². The number of carbonyl (C=O) groups excluding carboxylic acids is 2. The predicted molar refractivity (Wildman–Crippen MR) is 96.5 cm³/mol. The van der Waals surface area contributed by atoms with E-state index in [1.54, 1.807) is 0 Å². The van der Waals surface area contributed by atoms with Gasteiger partial charge in [-0.05, 0) is 43.7 Å². The molecule has 2 aliphatic rings. The molecule has 0 unspecified atom stereocenters. The van der Waals surface area contributed by atoms with Crippen LogP contribution in [0.2, 0.25) is 0 Å². The molecule has 2 fully saturated rings. The van der Waals surface area contributed by atoms with Crippen LogP contribution in [-0.2, 0) is 14.3 Å². The second-order valence-electron chi connectivity index (χ2n) is 6.67. The zero-order valence-electron chi connectivity index (χ0n) is 14.4. The average Bonchev–Trinajstić information content (AvgIpc) is 2.63. The highest BCUT2D eigenvalue weighted by Gasteiger charge is 2.25. The highest BCUT2D eigenvalue weighted by Crippen LogP contribution is 2.19. The van der Waals surface area contributed by atoms with Crippen LogP contribution in [0.15, 0.2) is 24.3 Å². The fourth-order valence-electron chi connectivity index (χ4n) is 3.41. The molecular formula is C18H26N4O3. The molecule has 1 atom stereocenters. The number of morpholine rings is 1. The van der Waals surface area contributed by atoms with Gasteiger partial charge in [-0.15, -0.1) is 0 Å². The second-order valence-corrected chi connectivity index (χ2v) is 6.67. The minimum absolute atomic E-state index is 0.0655. The molecule has 25 heavy (non-hydrogen) atoms. The zero-order valence-corrected chi connectivity index (χ0v) is 14.4. The number of nitrogens with zero attached hydrogens (tertiary/aromatic N) is 2. The molecule has 136 valence electrons. The minimum atomic E-state index is -0.274. The number of nitrogens with two attached hydrogens (primary N) is 1. The van der Waals surface area contributed by atoms with Crippen molar-refractivity contribution in [2.45, 2.75) is 12.8 Å². The van der Waals surface area contributed by atoms with Gasteiger partial charge in [-0.3, -0.25) is 14.5 Å². The summed E-state index contributed by atoms with van der Waals surface area (Å²) in [5.41, 5.74) is 7.30. The lowest BCUT2D eigenvalue weighted by Crippen LogP contribution is -2.44. The molecule has 7 nitrogen and oxygen atoms in total. The maximum atomic E-state index is 12.2. The van der Waals surface area contributed by atoms with Crippen molar-refractivity contribution in [3.8, 4) is 0 Å². The lowest BCUT2D eigenvalue weighted by molar-refractivity contribution is -0.125. The Kier molecular flexibility index (Phi) is 5.88. The van der Waals surface area contributed by atoms with Gasteiger partial charge in [0.2, 0.25) is 11.8 Å². The molecule has 1 aromatic rings. The molecular weight excluding hydrogens is 320 g/mol. The number of anilines is 2. The van der Waals surface area contributed by atoms with E-state index in [0.29, 0.717) is 6.54 Å². The van der Waals surface area contributed by atoms with Crippen molar-refractivity contribution in [3.05, 3.63) is 24.3 Å². The summed E-state index contributed by atoms with van der Waals surface area (Å²) in [5.74, 6) is -0.484. The molecule has 7 heteroatoms. The molecule has 2 aliphatic heterocycles. The highest BCUT2D eigenvalue weighted by atomic mass is 16.5. The molecule has 2 heterocycles. The summed E-state index contributed by atoms with van der Waals surface area (Å²) in [7, 11) is 0. The molecule has 3 N–H and O–H groups in total. The molecule has 3 rings (SSSR count). The van der Waals surface area contributed by atoms with Crippen molar-refractivity contribution < 1.29 is 14.3 Å². The molecule has 1 aromatic carbocycles. The van der Waals surface area contributed by atoms with E-state index >= 15 is 0 Å². The molecule has 0 spiro atoms. The third-order valence-corrected chi connectivity index (χ3v) is 4.80. The number of hydrogen-bond donors (Lipinski definition) is 2. The van der Waals surface area contributed by atoms with E-state index in [-0.39, 0.29) is 24.3 Å². The number of primary amides is 1. The molecule has 2 amide bonds. The van der Waals surface area contributed by atoms with E-state index in [1.807, 2.05) is 29.2 Å². The minimum Gasteiger partial charge on any atom is -0.378 e. The van der Waals surface area contributed by atoms with Crippen molar-refractivity contribution in [2.24, 2.45) is 11.7 Å². The van der Waals surface area contributed by atoms with E-state index in [4.69, 9.17) is 10.5 Å². The van der Waals surface area contributed by atoms with E-state index in [9.17, 15) is 9.59 Å².